The maximum absolute atomic E-state index is 11.7. The van der Waals surface area contributed by atoms with E-state index in [0.29, 0.717) is 0 Å². The summed E-state index contributed by atoms with van der Waals surface area (Å²) in [4.78, 5) is 0. The van der Waals surface area contributed by atoms with Gasteiger partial charge in [-0.1, -0.05) is 0 Å². The van der Waals surface area contributed by atoms with Gasteiger partial charge in [-0.2, -0.15) is 4.31 Å². The standard InChI is InChI=1S/C8H20N2O4S2/c1-8(2,10(5)15(6,11)12)7-16(13,14)9(3)4/h7H2,1-6H3. The third kappa shape index (κ3) is 4.00. The molecule has 0 fully saturated rings. The monoisotopic (exact) mass is 272 g/mol. The summed E-state index contributed by atoms with van der Waals surface area (Å²) in [6.07, 6.45) is 1.05. The van der Waals surface area contributed by atoms with Crippen molar-refractivity contribution in [3.05, 3.63) is 0 Å². The van der Waals surface area contributed by atoms with E-state index in [1.165, 1.54) is 21.1 Å². The molecule has 0 saturated heterocycles. The van der Waals surface area contributed by atoms with Crippen LogP contribution >= 0.6 is 0 Å². The molecule has 8 heteroatoms. The lowest BCUT2D eigenvalue weighted by Gasteiger charge is -2.34. The second kappa shape index (κ2) is 4.59. The predicted octanol–water partition coefficient (Wildman–Crippen LogP) is -0.452. The van der Waals surface area contributed by atoms with E-state index in [9.17, 15) is 16.8 Å². The second-order valence-corrected chi connectivity index (χ2v) is 8.78. The molecule has 0 bridgehead atoms. The fraction of sp³-hybridized carbons (Fsp3) is 1.00. The van der Waals surface area contributed by atoms with Crippen LogP contribution in [0.5, 0.6) is 0 Å². The summed E-state index contributed by atoms with van der Waals surface area (Å²) in [5, 5.41) is 0. The lowest BCUT2D eigenvalue weighted by molar-refractivity contribution is 0.292. The Labute approximate surface area is 98.3 Å². The van der Waals surface area contributed by atoms with Gasteiger partial charge in [0.15, 0.2) is 0 Å². The van der Waals surface area contributed by atoms with Gasteiger partial charge in [0.2, 0.25) is 20.0 Å². The molecule has 0 saturated carbocycles. The molecule has 6 nitrogen and oxygen atoms in total. The van der Waals surface area contributed by atoms with Crippen LogP contribution in [0.1, 0.15) is 13.8 Å². The normalized spacial score (nSPS) is 14.8. The lowest BCUT2D eigenvalue weighted by atomic mass is 10.1. The summed E-state index contributed by atoms with van der Waals surface area (Å²) in [5.41, 5.74) is -0.976. The van der Waals surface area contributed by atoms with Crippen molar-refractivity contribution in [3.8, 4) is 0 Å². The SMILES string of the molecule is CN(C(C)(C)CS(=O)(=O)N(C)C)S(C)(=O)=O. The van der Waals surface area contributed by atoms with Gasteiger partial charge in [-0.05, 0) is 13.8 Å². The van der Waals surface area contributed by atoms with Gasteiger partial charge in [-0.25, -0.2) is 21.1 Å². The minimum Gasteiger partial charge on any atom is -0.212 e. The number of nitrogens with zero attached hydrogens (tertiary/aromatic N) is 2. The van der Waals surface area contributed by atoms with E-state index < -0.39 is 25.6 Å². The molecule has 0 N–H and O–H groups in total. The molecule has 0 rings (SSSR count). The molecule has 0 unspecified atom stereocenters. The summed E-state index contributed by atoms with van der Waals surface area (Å²) < 4.78 is 48.2. The van der Waals surface area contributed by atoms with Crippen molar-refractivity contribution in [3.63, 3.8) is 0 Å². The first-order chi connectivity index (χ1) is 6.81. The van der Waals surface area contributed by atoms with E-state index in [-0.39, 0.29) is 5.75 Å². The summed E-state index contributed by atoms with van der Waals surface area (Å²) >= 11 is 0. The van der Waals surface area contributed by atoms with Gasteiger partial charge >= 0.3 is 0 Å². The fourth-order valence-corrected chi connectivity index (χ4v) is 3.50. The first-order valence-electron chi connectivity index (χ1n) is 4.65. The zero-order valence-corrected chi connectivity index (χ0v) is 12.2. The van der Waals surface area contributed by atoms with Crippen LogP contribution in [0.2, 0.25) is 0 Å². The van der Waals surface area contributed by atoms with E-state index >= 15 is 0 Å². The molecule has 0 aliphatic rings. The van der Waals surface area contributed by atoms with Gasteiger partial charge < -0.3 is 0 Å². The topological polar surface area (TPSA) is 74.8 Å². The van der Waals surface area contributed by atoms with Gasteiger partial charge in [-0.15, -0.1) is 0 Å². The maximum atomic E-state index is 11.7. The van der Waals surface area contributed by atoms with E-state index in [1.807, 2.05) is 0 Å². The summed E-state index contributed by atoms with van der Waals surface area (Å²) in [5.74, 6) is -0.253. The third-order valence-corrected chi connectivity index (χ3v) is 6.12. The molecule has 0 aromatic rings. The number of hydrogen-bond donors (Lipinski definition) is 0. The van der Waals surface area contributed by atoms with Crippen LogP contribution in [-0.4, -0.2) is 64.1 Å². The number of hydrogen-bond acceptors (Lipinski definition) is 4. The van der Waals surface area contributed by atoms with E-state index in [4.69, 9.17) is 0 Å². The van der Waals surface area contributed by atoms with E-state index in [0.717, 1.165) is 14.9 Å². The highest BCUT2D eigenvalue weighted by molar-refractivity contribution is 7.89. The molecule has 0 radical (unpaired) electrons. The van der Waals surface area contributed by atoms with Crippen LogP contribution in [0.15, 0.2) is 0 Å². The van der Waals surface area contributed by atoms with Crippen molar-refractivity contribution in [2.45, 2.75) is 19.4 Å². The first kappa shape index (κ1) is 15.8. The van der Waals surface area contributed by atoms with Crippen LogP contribution in [-0.2, 0) is 20.0 Å². The molecule has 98 valence electrons. The average molecular weight is 272 g/mol. The third-order valence-electron chi connectivity index (χ3n) is 2.44. The van der Waals surface area contributed by atoms with Crippen molar-refractivity contribution < 1.29 is 16.8 Å². The van der Waals surface area contributed by atoms with E-state index in [2.05, 4.69) is 0 Å². The Morgan fingerprint density at radius 2 is 1.38 bits per heavy atom. The van der Waals surface area contributed by atoms with Gasteiger partial charge in [0.05, 0.1) is 12.0 Å². The average Bonchev–Trinajstić information content (AvgIpc) is 1.98. The Kier molecular flexibility index (Phi) is 4.54. The summed E-state index contributed by atoms with van der Waals surface area (Å²) in [6.45, 7) is 3.16. The molecule has 0 spiro atoms. The highest BCUT2D eigenvalue weighted by Gasteiger charge is 2.35. The summed E-state index contributed by atoms with van der Waals surface area (Å²) in [6, 6.07) is 0. The molecule has 0 amide bonds. The van der Waals surface area contributed by atoms with Gasteiger partial charge in [0, 0.05) is 26.7 Å². The van der Waals surface area contributed by atoms with E-state index in [1.54, 1.807) is 13.8 Å². The van der Waals surface area contributed by atoms with Crippen LogP contribution in [0, 0.1) is 0 Å². The second-order valence-electron chi connectivity index (χ2n) is 4.58. The molecular weight excluding hydrogens is 252 g/mol. The molecule has 16 heavy (non-hydrogen) atoms. The molecular formula is C8H20N2O4S2. The van der Waals surface area contributed by atoms with Gasteiger partial charge in [-0.3, -0.25) is 0 Å². The van der Waals surface area contributed by atoms with Crippen molar-refractivity contribution in [2.24, 2.45) is 0 Å². The molecule has 0 aromatic carbocycles. The van der Waals surface area contributed by atoms with Crippen LogP contribution in [0.3, 0.4) is 0 Å². The molecule has 0 heterocycles. The van der Waals surface area contributed by atoms with Gasteiger partial charge in [0.1, 0.15) is 0 Å². The quantitative estimate of drug-likeness (QED) is 0.679. The molecule has 0 aliphatic carbocycles. The Bertz CT molecular complexity index is 437. The van der Waals surface area contributed by atoms with Crippen molar-refractivity contribution in [1.82, 2.24) is 8.61 Å². The lowest BCUT2D eigenvalue weighted by Crippen LogP contribution is -2.50. The van der Waals surface area contributed by atoms with Crippen molar-refractivity contribution in [2.75, 3.05) is 33.2 Å². The van der Waals surface area contributed by atoms with Crippen LogP contribution in [0.25, 0.3) is 0 Å². The van der Waals surface area contributed by atoms with Crippen molar-refractivity contribution >= 4 is 20.0 Å². The smallest absolute Gasteiger partial charge is 0.212 e. The minimum atomic E-state index is -3.43. The molecule has 0 atom stereocenters. The maximum Gasteiger partial charge on any atom is 0.215 e. The Hall–Kier alpha value is -0.180. The fourth-order valence-electron chi connectivity index (χ4n) is 1.12. The minimum absolute atomic E-state index is 0.253. The first-order valence-corrected chi connectivity index (χ1v) is 8.11. The zero-order valence-electron chi connectivity index (χ0n) is 10.6. The largest absolute Gasteiger partial charge is 0.215 e. The summed E-state index contributed by atoms with van der Waals surface area (Å²) in [7, 11) is -2.62. The van der Waals surface area contributed by atoms with Gasteiger partial charge in [0.25, 0.3) is 0 Å². The predicted molar refractivity (Wildman–Crippen MR) is 64.2 cm³/mol. The van der Waals surface area contributed by atoms with Crippen LogP contribution < -0.4 is 0 Å². The zero-order chi connectivity index (χ0) is 13.4. The Morgan fingerprint density at radius 3 is 1.62 bits per heavy atom. The number of sulfonamides is 2. The highest BCUT2D eigenvalue weighted by atomic mass is 32.2. The Balaban J connectivity index is 5.13. The van der Waals surface area contributed by atoms with Crippen LogP contribution in [0.4, 0.5) is 0 Å². The highest BCUT2D eigenvalue weighted by Crippen LogP contribution is 2.19. The number of rotatable bonds is 5. The van der Waals surface area contributed by atoms with Crippen molar-refractivity contribution in [1.29, 1.82) is 0 Å². The molecule has 0 aliphatic heterocycles. The molecule has 0 aromatic heterocycles. The Morgan fingerprint density at radius 1 is 1.00 bits per heavy atom.